The lowest BCUT2D eigenvalue weighted by Gasteiger charge is -2.06. The monoisotopic (exact) mass is 307 g/mol. The number of amides is 1. The molecule has 1 heterocycles. The molecule has 0 saturated carbocycles. The number of aryl methyl sites for hydroxylation is 2. The number of nitrogens with zero attached hydrogens (tertiary/aromatic N) is 2. The van der Waals surface area contributed by atoms with E-state index < -0.39 is 0 Å². The van der Waals surface area contributed by atoms with E-state index >= 15 is 0 Å². The minimum atomic E-state index is -0.0919. The van der Waals surface area contributed by atoms with Crippen molar-refractivity contribution in [3.63, 3.8) is 0 Å². The molecule has 1 amide bonds. The van der Waals surface area contributed by atoms with Gasteiger partial charge in [-0.15, -0.1) is 0 Å². The second-order valence-corrected chi connectivity index (χ2v) is 5.04. The van der Waals surface area contributed by atoms with Crippen molar-refractivity contribution >= 4 is 21.8 Å². The molecule has 0 radical (unpaired) electrons. The summed E-state index contributed by atoms with van der Waals surface area (Å²) >= 11 is 3.40. The molecule has 0 fully saturated rings. The molecule has 0 saturated heterocycles. The van der Waals surface area contributed by atoms with Gasteiger partial charge in [0.15, 0.2) is 0 Å². The minimum Gasteiger partial charge on any atom is -0.348 e. The number of carbonyl (C=O) groups is 1. The Hall–Kier alpha value is -1.62. The first-order valence-corrected chi connectivity index (χ1v) is 6.37. The van der Waals surface area contributed by atoms with Crippen molar-refractivity contribution < 1.29 is 4.79 Å². The van der Waals surface area contributed by atoms with Crippen molar-refractivity contribution in [3.05, 3.63) is 51.8 Å². The number of hydrogen-bond acceptors (Lipinski definition) is 2. The van der Waals surface area contributed by atoms with Gasteiger partial charge in [-0.25, -0.2) is 0 Å². The van der Waals surface area contributed by atoms with E-state index in [-0.39, 0.29) is 5.91 Å². The van der Waals surface area contributed by atoms with E-state index in [2.05, 4.69) is 26.3 Å². The Kier molecular flexibility index (Phi) is 3.81. The normalized spacial score (nSPS) is 10.4. The van der Waals surface area contributed by atoms with Crippen LogP contribution in [0.1, 0.15) is 21.5 Å². The van der Waals surface area contributed by atoms with Crippen molar-refractivity contribution in [1.29, 1.82) is 0 Å². The van der Waals surface area contributed by atoms with Gasteiger partial charge in [-0.3, -0.25) is 9.48 Å². The fourth-order valence-corrected chi connectivity index (χ4v) is 2.32. The molecule has 0 bridgehead atoms. The highest BCUT2D eigenvalue weighted by atomic mass is 79.9. The van der Waals surface area contributed by atoms with Crippen LogP contribution in [0.2, 0.25) is 0 Å². The van der Waals surface area contributed by atoms with Gasteiger partial charge in [0, 0.05) is 29.8 Å². The lowest BCUT2D eigenvalue weighted by Crippen LogP contribution is -2.23. The Morgan fingerprint density at radius 3 is 2.89 bits per heavy atom. The molecule has 1 N–H and O–H groups in total. The predicted octanol–water partition coefficient (Wildman–Crippen LogP) is 2.42. The molecule has 2 aromatic rings. The highest BCUT2D eigenvalue weighted by molar-refractivity contribution is 9.10. The molecular weight excluding hydrogens is 294 g/mol. The van der Waals surface area contributed by atoms with Crippen LogP contribution < -0.4 is 5.32 Å². The molecular formula is C13H14BrN3O. The summed E-state index contributed by atoms with van der Waals surface area (Å²) in [6.07, 6.45) is 3.62. The zero-order chi connectivity index (χ0) is 13.1. The Morgan fingerprint density at radius 2 is 2.28 bits per heavy atom. The summed E-state index contributed by atoms with van der Waals surface area (Å²) in [6, 6.07) is 5.67. The van der Waals surface area contributed by atoms with Gasteiger partial charge in [0.25, 0.3) is 5.91 Å². The largest absolute Gasteiger partial charge is 0.348 e. The molecule has 94 valence electrons. The van der Waals surface area contributed by atoms with Gasteiger partial charge in [-0.2, -0.15) is 5.10 Å². The summed E-state index contributed by atoms with van der Waals surface area (Å²) in [5.74, 6) is -0.0919. The van der Waals surface area contributed by atoms with E-state index in [9.17, 15) is 4.79 Å². The second-order valence-electron chi connectivity index (χ2n) is 4.19. The molecule has 4 nitrogen and oxygen atoms in total. The van der Waals surface area contributed by atoms with Gasteiger partial charge in [0.1, 0.15) is 0 Å². The van der Waals surface area contributed by atoms with Crippen LogP contribution in [-0.2, 0) is 13.6 Å². The first-order valence-electron chi connectivity index (χ1n) is 5.58. The third-order valence-electron chi connectivity index (χ3n) is 2.58. The average molecular weight is 308 g/mol. The molecule has 0 aliphatic rings. The van der Waals surface area contributed by atoms with Crippen molar-refractivity contribution in [3.8, 4) is 0 Å². The van der Waals surface area contributed by atoms with Gasteiger partial charge < -0.3 is 5.32 Å². The van der Waals surface area contributed by atoms with Crippen LogP contribution in [0.25, 0.3) is 0 Å². The molecule has 1 aromatic heterocycles. The standard InChI is InChI=1S/C13H14BrN3O/c1-9-3-4-11(12(14)5-9)13(18)15-6-10-7-16-17(2)8-10/h3-5,7-8H,6H2,1-2H3,(H,15,18). The second kappa shape index (κ2) is 5.35. The SMILES string of the molecule is Cc1ccc(C(=O)NCc2cnn(C)c2)c(Br)c1. The summed E-state index contributed by atoms with van der Waals surface area (Å²) in [7, 11) is 1.85. The zero-order valence-electron chi connectivity index (χ0n) is 10.3. The Bertz CT molecular complexity index is 577. The first kappa shape index (κ1) is 12.8. The van der Waals surface area contributed by atoms with Crippen LogP contribution in [-0.4, -0.2) is 15.7 Å². The summed E-state index contributed by atoms with van der Waals surface area (Å²) in [5, 5.41) is 6.92. The molecule has 0 atom stereocenters. The predicted molar refractivity (Wildman–Crippen MR) is 73.3 cm³/mol. The van der Waals surface area contributed by atoms with E-state index in [0.29, 0.717) is 12.1 Å². The Labute approximate surface area is 114 Å². The summed E-state index contributed by atoms with van der Waals surface area (Å²) in [5.41, 5.74) is 2.74. The Morgan fingerprint density at radius 1 is 1.50 bits per heavy atom. The molecule has 0 spiro atoms. The van der Waals surface area contributed by atoms with Crippen molar-refractivity contribution in [2.24, 2.45) is 7.05 Å². The lowest BCUT2D eigenvalue weighted by atomic mass is 10.1. The molecule has 0 aliphatic carbocycles. The third-order valence-corrected chi connectivity index (χ3v) is 3.24. The molecule has 0 unspecified atom stereocenters. The zero-order valence-corrected chi connectivity index (χ0v) is 11.9. The van der Waals surface area contributed by atoms with E-state index in [0.717, 1.165) is 15.6 Å². The fraction of sp³-hybridized carbons (Fsp3) is 0.231. The van der Waals surface area contributed by atoms with Crippen LogP contribution in [0, 0.1) is 6.92 Å². The van der Waals surface area contributed by atoms with Gasteiger partial charge in [-0.1, -0.05) is 6.07 Å². The smallest absolute Gasteiger partial charge is 0.252 e. The number of hydrogen-bond donors (Lipinski definition) is 1. The number of rotatable bonds is 3. The van der Waals surface area contributed by atoms with Crippen LogP contribution in [0.15, 0.2) is 35.1 Å². The van der Waals surface area contributed by atoms with Crippen LogP contribution in [0.3, 0.4) is 0 Å². The molecule has 2 rings (SSSR count). The van der Waals surface area contributed by atoms with Gasteiger partial charge in [0.05, 0.1) is 11.8 Å². The summed E-state index contributed by atoms with van der Waals surface area (Å²) in [4.78, 5) is 12.0. The number of carbonyl (C=O) groups excluding carboxylic acids is 1. The van der Waals surface area contributed by atoms with Crippen LogP contribution in [0.4, 0.5) is 0 Å². The number of benzene rings is 1. The topological polar surface area (TPSA) is 46.9 Å². The van der Waals surface area contributed by atoms with E-state index in [1.165, 1.54) is 0 Å². The number of halogens is 1. The molecule has 1 aromatic carbocycles. The fourth-order valence-electron chi connectivity index (χ4n) is 1.65. The summed E-state index contributed by atoms with van der Waals surface area (Å²) < 4.78 is 2.52. The lowest BCUT2D eigenvalue weighted by molar-refractivity contribution is 0.0950. The van der Waals surface area contributed by atoms with Gasteiger partial charge in [-0.05, 0) is 40.5 Å². The van der Waals surface area contributed by atoms with E-state index in [1.54, 1.807) is 10.9 Å². The average Bonchev–Trinajstić information content (AvgIpc) is 2.72. The maximum atomic E-state index is 12.0. The van der Waals surface area contributed by atoms with E-state index in [1.807, 2.05) is 38.4 Å². The van der Waals surface area contributed by atoms with Crippen molar-refractivity contribution in [1.82, 2.24) is 15.1 Å². The number of nitrogens with one attached hydrogen (secondary N) is 1. The maximum absolute atomic E-state index is 12.0. The van der Waals surface area contributed by atoms with Crippen LogP contribution in [0.5, 0.6) is 0 Å². The van der Waals surface area contributed by atoms with E-state index in [4.69, 9.17) is 0 Å². The highest BCUT2D eigenvalue weighted by Crippen LogP contribution is 2.18. The molecule has 0 aliphatic heterocycles. The van der Waals surface area contributed by atoms with Gasteiger partial charge in [0.2, 0.25) is 0 Å². The van der Waals surface area contributed by atoms with Crippen molar-refractivity contribution in [2.75, 3.05) is 0 Å². The Balaban J connectivity index is 2.03. The van der Waals surface area contributed by atoms with Crippen LogP contribution >= 0.6 is 15.9 Å². The maximum Gasteiger partial charge on any atom is 0.252 e. The van der Waals surface area contributed by atoms with Crippen molar-refractivity contribution in [2.45, 2.75) is 13.5 Å². The quantitative estimate of drug-likeness (QED) is 0.946. The third kappa shape index (κ3) is 2.98. The van der Waals surface area contributed by atoms with Gasteiger partial charge >= 0.3 is 0 Å². The minimum absolute atomic E-state index is 0.0919. The number of aromatic nitrogens is 2. The molecule has 5 heteroatoms. The summed E-state index contributed by atoms with van der Waals surface area (Å²) in [6.45, 7) is 2.47. The highest BCUT2D eigenvalue weighted by Gasteiger charge is 2.09. The molecule has 18 heavy (non-hydrogen) atoms. The first-order chi connectivity index (χ1) is 8.56.